The lowest BCUT2D eigenvalue weighted by molar-refractivity contribution is -0.116. The van der Waals surface area contributed by atoms with Crippen LogP contribution in [0.15, 0.2) is 53.5 Å². The average Bonchev–Trinajstić information content (AvgIpc) is 2.98. The Kier molecular flexibility index (Phi) is 4.87. The molecule has 0 spiro atoms. The van der Waals surface area contributed by atoms with Gasteiger partial charge in [-0.3, -0.25) is 9.59 Å². The van der Waals surface area contributed by atoms with Gasteiger partial charge in [0.15, 0.2) is 5.01 Å². The smallest absolute Gasteiger partial charge is 0.245 e. The van der Waals surface area contributed by atoms with E-state index in [2.05, 4.69) is 10.1 Å². The number of benzene rings is 2. The van der Waals surface area contributed by atoms with Crippen LogP contribution in [0.3, 0.4) is 0 Å². The highest BCUT2D eigenvalue weighted by Gasteiger charge is 2.19. The minimum atomic E-state index is -0.535. The number of ketones is 1. The first-order chi connectivity index (χ1) is 12.0. The Balaban J connectivity index is 2.13. The van der Waals surface area contributed by atoms with Gasteiger partial charge in [0, 0.05) is 12.5 Å². The molecule has 0 radical (unpaired) electrons. The summed E-state index contributed by atoms with van der Waals surface area (Å²) in [4.78, 5) is 28.2. The highest BCUT2D eigenvalue weighted by Crippen LogP contribution is 2.21. The van der Waals surface area contributed by atoms with E-state index in [0.29, 0.717) is 5.69 Å². The maximum Gasteiger partial charge on any atom is 0.245 e. The lowest BCUT2D eigenvalue weighted by Gasteiger charge is -2.01. The second-order valence-corrected chi connectivity index (χ2v) is 6.38. The summed E-state index contributed by atoms with van der Waals surface area (Å²) in [5, 5.41) is 4.35. The molecule has 0 atom stereocenters. The Morgan fingerprint density at radius 3 is 2.56 bits per heavy atom. The Hall–Kier alpha value is -2.64. The van der Waals surface area contributed by atoms with Crippen molar-refractivity contribution < 1.29 is 14.0 Å². The van der Waals surface area contributed by atoms with Gasteiger partial charge in [-0.1, -0.05) is 41.1 Å². The number of para-hydroxylation sites is 1. The number of aromatic nitrogens is 2. The third kappa shape index (κ3) is 3.72. The quantitative estimate of drug-likeness (QED) is 0.659. The molecule has 8 heteroatoms. The fraction of sp³-hybridized carbons (Fsp3) is 0.0588. The molecule has 3 rings (SSSR count). The van der Waals surface area contributed by atoms with Crippen LogP contribution in [0.1, 0.15) is 22.3 Å². The highest BCUT2D eigenvalue weighted by molar-refractivity contribution is 7.11. The van der Waals surface area contributed by atoms with E-state index in [4.69, 9.17) is 11.6 Å². The van der Waals surface area contributed by atoms with Crippen molar-refractivity contribution in [1.29, 1.82) is 0 Å². The van der Waals surface area contributed by atoms with Gasteiger partial charge in [-0.2, -0.15) is 10.1 Å². The lowest BCUT2D eigenvalue weighted by Crippen LogP contribution is -2.15. The molecule has 126 valence electrons. The standard InChI is InChI=1S/C17H11ClFN3O2S/c1-10(23)20-17-22(12-5-3-2-4-6-12)21-16(25-17)15(24)13-8-7-11(19)9-14(13)18/h2-9H,1H3. The molecule has 0 bridgehead atoms. The number of rotatable bonds is 3. The van der Waals surface area contributed by atoms with Gasteiger partial charge in [-0.15, -0.1) is 0 Å². The normalized spacial score (nSPS) is 11.6. The van der Waals surface area contributed by atoms with Crippen molar-refractivity contribution in [3.05, 3.63) is 74.7 Å². The largest absolute Gasteiger partial charge is 0.286 e. The summed E-state index contributed by atoms with van der Waals surface area (Å²) in [6, 6.07) is 12.5. The SMILES string of the molecule is CC(=O)N=c1sc(C(=O)c2ccc(F)cc2Cl)nn1-c1ccccc1. The second-order valence-electron chi connectivity index (χ2n) is 5.02. The number of carbonyl (C=O) groups excluding carboxylic acids is 2. The van der Waals surface area contributed by atoms with E-state index in [1.807, 2.05) is 6.07 Å². The van der Waals surface area contributed by atoms with Crippen molar-refractivity contribution in [1.82, 2.24) is 9.78 Å². The second kappa shape index (κ2) is 7.08. The van der Waals surface area contributed by atoms with E-state index in [1.54, 1.807) is 24.3 Å². The van der Waals surface area contributed by atoms with E-state index in [-0.39, 0.29) is 20.4 Å². The van der Waals surface area contributed by atoms with E-state index in [1.165, 1.54) is 17.7 Å². The summed E-state index contributed by atoms with van der Waals surface area (Å²) >= 11 is 6.91. The Bertz CT molecular complexity index is 1030. The van der Waals surface area contributed by atoms with Gasteiger partial charge in [-0.05, 0) is 30.3 Å². The Morgan fingerprint density at radius 2 is 1.92 bits per heavy atom. The van der Waals surface area contributed by atoms with Crippen LogP contribution in [0.2, 0.25) is 5.02 Å². The highest BCUT2D eigenvalue weighted by atomic mass is 35.5. The number of carbonyl (C=O) groups is 2. The fourth-order valence-electron chi connectivity index (χ4n) is 2.11. The zero-order valence-corrected chi connectivity index (χ0v) is 14.5. The molecule has 5 nitrogen and oxygen atoms in total. The fourth-order valence-corrected chi connectivity index (χ4v) is 3.26. The number of hydrogen-bond acceptors (Lipinski definition) is 4. The van der Waals surface area contributed by atoms with Crippen LogP contribution in [0.5, 0.6) is 0 Å². The van der Waals surface area contributed by atoms with Gasteiger partial charge in [0.25, 0.3) is 0 Å². The van der Waals surface area contributed by atoms with Crippen molar-refractivity contribution in [3.63, 3.8) is 0 Å². The predicted octanol–water partition coefficient (Wildman–Crippen LogP) is 3.40. The van der Waals surface area contributed by atoms with Crippen molar-refractivity contribution in [2.45, 2.75) is 6.92 Å². The van der Waals surface area contributed by atoms with Crippen LogP contribution in [0, 0.1) is 5.82 Å². The van der Waals surface area contributed by atoms with Crippen molar-refractivity contribution in [2.24, 2.45) is 4.99 Å². The minimum absolute atomic E-state index is 0.00322. The monoisotopic (exact) mass is 375 g/mol. The molecule has 0 N–H and O–H groups in total. The molecule has 1 amide bonds. The molecular formula is C17H11ClFN3O2S. The molecular weight excluding hydrogens is 365 g/mol. The van der Waals surface area contributed by atoms with Gasteiger partial charge in [-0.25, -0.2) is 9.07 Å². The van der Waals surface area contributed by atoms with Gasteiger partial charge in [0.2, 0.25) is 16.5 Å². The molecule has 1 aromatic heterocycles. The third-order valence-corrected chi connectivity index (χ3v) is 4.40. The van der Waals surface area contributed by atoms with Crippen LogP contribution in [0.4, 0.5) is 4.39 Å². The lowest BCUT2D eigenvalue weighted by atomic mass is 10.1. The molecule has 0 aliphatic heterocycles. The molecule has 0 saturated heterocycles. The molecule has 3 aromatic rings. The van der Waals surface area contributed by atoms with Gasteiger partial charge in [0.1, 0.15) is 5.82 Å². The van der Waals surface area contributed by atoms with E-state index < -0.39 is 17.5 Å². The Morgan fingerprint density at radius 1 is 1.20 bits per heavy atom. The number of halogens is 2. The number of amides is 1. The van der Waals surface area contributed by atoms with Gasteiger partial charge in [0.05, 0.1) is 10.7 Å². The van der Waals surface area contributed by atoms with Crippen LogP contribution in [-0.4, -0.2) is 21.5 Å². The average molecular weight is 376 g/mol. The van der Waals surface area contributed by atoms with Crippen LogP contribution >= 0.6 is 22.9 Å². The van der Waals surface area contributed by atoms with Gasteiger partial charge >= 0.3 is 0 Å². The summed E-state index contributed by atoms with van der Waals surface area (Å²) in [6.07, 6.45) is 0. The van der Waals surface area contributed by atoms with Gasteiger partial charge < -0.3 is 0 Å². The summed E-state index contributed by atoms with van der Waals surface area (Å²) in [6.45, 7) is 1.31. The maximum absolute atomic E-state index is 13.2. The zero-order chi connectivity index (χ0) is 18.0. The van der Waals surface area contributed by atoms with Crippen molar-refractivity contribution in [2.75, 3.05) is 0 Å². The van der Waals surface area contributed by atoms with Crippen LogP contribution < -0.4 is 4.80 Å². The number of hydrogen-bond donors (Lipinski definition) is 0. The third-order valence-electron chi connectivity index (χ3n) is 3.18. The van der Waals surface area contributed by atoms with Crippen LogP contribution in [-0.2, 0) is 4.79 Å². The Labute approximate surface area is 151 Å². The summed E-state index contributed by atoms with van der Waals surface area (Å²) in [5.74, 6) is -1.41. The molecule has 25 heavy (non-hydrogen) atoms. The molecule has 0 fully saturated rings. The van der Waals surface area contributed by atoms with E-state index in [0.717, 1.165) is 23.5 Å². The van der Waals surface area contributed by atoms with Crippen molar-refractivity contribution in [3.8, 4) is 5.69 Å². The maximum atomic E-state index is 13.2. The number of nitrogens with zero attached hydrogens (tertiary/aromatic N) is 3. The molecule has 2 aromatic carbocycles. The minimum Gasteiger partial charge on any atom is -0.286 e. The molecule has 1 heterocycles. The predicted molar refractivity (Wildman–Crippen MR) is 92.5 cm³/mol. The molecule has 0 saturated carbocycles. The summed E-state index contributed by atoms with van der Waals surface area (Å²) < 4.78 is 14.6. The van der Waals surface area contributed by atoms with E-state index >= 15 is 0 Å². The van der Waals surface area contributed by atoms with Crippen molar-refractivity contribution >= 4 is 34.6 Å². The van der Waals surface area contributed by atoms with E-state index in [9.17, 15) is 14.0 Å². The molecule has 0 aliphatic rings. The topological polar surface area (TPSA) is 64.3 Å². The molecule has 0 aliphatic carbocycles. The molecule has 0 unspecified atom stereocenters. The summed E-state index contributed by atoms with van der Waals surface area (Å²) in [5.41, 5.74) is 0.786. The first kappa shape index (κ1) is 17.2. The summed E-state index contributed by atoms with van der Waals surface area (Å²) in [7, 11) is 0. The first-order valence-corrected chi connectivity index (χ1v) is 8.36. The first-order valence-electron chi connectivity index (χ1n) is 7.16. The zero-order valence-electron chi connectivity index (χ0n) is 12.9. The van der Waals surface area contributed by atoms with Crippen LogP contribution in [0.25, 0.3) is 5.69 Å².